The summed E-state index contributed by atoms with van der Waals surface area (Å²) in [5, 5.41) is 2.90. The molecule has 0 unspecified atom stereocenters. The first-order valence-electron chi connectivity index (χ1n) is 7.66. The average molecular weight is 296 g/mol. The van der Waals surface area contributed by atoms with Gasteiger partial charge in [0.15, 0.2) is 0 Å². The molecule has 0 fully saturated rings. The Hall–Kier alpha value is -2.49. The number of hydrogen-bond donors (Lipinski definition) is 1. The zero-order valence-corrected chi connectivity index (χ0v) is 12.9. The number of fused-ring (bicyclic) bond motifs is 2. The Morgan fingerprint density at radius 1 is 1.05 bits per heavy atom. The highest BCUT2D eigenvalue weighted by molar-refractivity contribution is 5.76. The fourth-order valence-electron chi connectivity index (χ4n) is 2.92. The van der Waals surface area contributed by atoms with Crippen LogP contribution < -0.4 is 10.1 Å². The molecule has 0 spiro atoms. The van der Waals surface area contributed by atoms with Gasteiger partial charge >= 0.3 is 6.03 Å². The predicted octanol–water partition coefficient (Wildman–Crippen LogP) is 3.93. The summed E-state index contributed by atoms with van der Waals surface area (Å²) in [5.74, 6) is 1.63. The number of ether oxygens (including phenoxy) is 1. The lowest BCUT2D eigenvalue weighted by Crippen LogP contribution is -2.43. The highest BCUT2D eigenvalue weighted by Gasteiger charge is 2.33. The van der Waals surface area contributed by atoms with Gasteiger partial charge in [0.2, 0.25) is 0 Å². The third-order valence-electron chi connectivity index (χ3n) is 3.89. The molecule has 3 rings (SSSR count). The number of nitrogens with zero attached hydrogens (tertiary/aromatic N) is 1. The van der Waals surface area contributed by atoms with Gasteiger partial charge in [-0.2, -0.15) is 0 Å². The summed E-state index contributed by atoms with van der Waals surface area (Å²) in [6.45, 7) is 5.16. The maximum Gasteiger partial charge on any atom is 0.318 e. The van der Waals surface area contributed by atoms with Gasteiger partial charge in [0.25, 0.3) is 0 Å². The summed E-state index contributed by atoms with van der Waals surface area (Å²) in [4.78, 5) is 14.3. The van der Waals surface area contributed by atoms with Crippen molar-refractivity contribution in [3.63, 3.8) is 0 Å². The lowest BCUT2D eigenvalue weighted by atomic mass is 9.93. The molecular weight excluding hydrogens is 276 g/mol. The Labute approximate surface area is 130 Å². The summed E-state index contributed by atoms with van der Waals surface area (Å²) >= 11 is 0. The van der Waals surface area contributed by atoms with Gasteiger partial charge in [-0.1, -0.05) is 36.4 Å². The van der Waals surface area contributed by atoms with Gasteiger partial charge in [0, 0.05) is 24.2 Å². The second kappa shape index (κ2) is 6.10. The average Bonchev–Trinajstić information content (AvgIpc) is 2.55. The van der Waals surface area contributed by atoms with E-state index >= 15 is 0 Å². The van der Waals surface area contributed by atoms with E-state index in [9.17, 15) is 4.79 Å². The number of benzene rings is 2. The van der Waals surface area contributed by atoms with Gasteiger partial charge < -0.3 is 15.0 Å². The van der Waals surface area contributed by atoms with Gasteiger partial charge in [-0.15, -0.1) is 0 Å². The SMILES string of the molecule is CCNC(=O)N(CC)C1c2ccccc2Oc2ccccc21. The van der Waals surface area contributed by atoms with E-state index in [1.54, 1.807) is 0 Å². The van der Waals surface area contributed by atoms with Gasteiger partial charge in [-0.05, 0) is 26.0 Å². The molecule has 2 aromatic rings. The zero-order valence-electron chi connectivity index (χ0n) is 12.9. The molecule has 1 heterocycles. The van der Waals surface area contributed by atoms with Crippen molar-refractivity contribution in [2.45, 2.75) is 19.9 Å². The Kier molecular flexibility index (Phi) is 4.00. The Bertz CT molecular complexity index is 639. The molecule has 114 valence electrons. The largest absolute Gasteiger partial charge is 0.457 e. The van der Waals surface area contributed by atoms with Crippen LogP contribution in [-0.2, 0) is 0 Å². The number of amides is 2. The molecule has 0 aromatic heterocycles. The van der Waals surface area contributed by atoms with E-state index in [1.165, 1.54) is 0 Å². The minimum atomic E-state index is -0.127. The van der Waals surface area contributed by atoms with Crippen LogP contribution in [0.5, 0.6) is 11.5 Å². The molecule has 22 heavy (non-hydrogen) atoms. The number of hydrogen-bond acceptors (Lipinski definition) is 2. The number of urea groups is 1. The predicted molar refractivity (Wildman–Crippen MR) is 86.3 cm³/mol. The Morgan fingerprint density at radius 2 is 1.59 bits per heavy atom. The first-order chi connectivity index (χ1) is 10.8. The zero-order chi connectivity index (χ0) is 15.5. The fourth-order valence-corrected chi connectivity index (χ4v) is 2.92. The second-order valence-corrected chi connectivity index (χ2v) is 5.20. The molecule has 4 nitrogen and oxygen atoms in total. The minimum Gasteiger partial charge on any atom is -0.457 e. The quantitative estimate of drug-likeness (QED) is 0.932. The van der Waals surface area contributed by atoms with Crippen LogP contribution in [0.15, 0.2) is 48.5 Å². The molecule has 0 radical (unpaired) electrons. The van der Waals surface area contributed by atoms with Crippen LogP contribution in [0, 0.1) is 0 Å². The lowest BCUT2D eigenvalue weighted by Gasteiger charge is -2.36. The fraction of sp³-hybridized carbons (Fsp3) is 0.278. The molecule has 0 saturated carbocycles. The van der Waals surface area contributed by atoms with Crippen LogP contribution in [-0.4, -0.2) is 24.0 Å². The van der Waals surface area contributed by atoms with Crippen LogP contribution in [0.1, 0.15) is 31.0 Å². The van der Waals surface area contributed by atoms with Gasteiger partial charge in [0.05, 0.1) is 6.04 Å². The van der Waals surface area contributed by atoms with E-state index in [4.69, 9.17) is 4.74 Å². The van der Waals surface area contributed by atoms with Crippen molar-refractivity contribution in [1.82, 2.24) is 10.2 Å². The number of carbonyl (C=O) groups excluding carboxylic acids is 1. The van der Waals surface area contributed by atoms with E-state index in [0.717, 1.165) is 22.6 Å². The third-order valence-corrected chi connectivity index (χ3v) is 3.89. The van der Waals surface area contributed by atoms with Crippen molar-refractivity contribution in [3.05, 3.63) is 59.7 Å². The van der Waals surface area contributed by atoms with E-state index in [-0.39, 0.29) is 12.1 Å². The normalized spacial score (nSPS) is 12.8. The molecule has 0 bridgehead atoms. The Balaban J connectivity index is 2.11. The van der Waals surface area contributed by atoms with Crippen molar-refractivity contribution >= 4 is 6.03 Å². The number of nitrogens with one attached hydrogen (secondary N) is 1. The molecule has 0 saturated heterocycles. The molecule has 1 N–H and O–H groups in total. The second-order valence-electron chi connectivity index (χ2n) is 5.20. The number of carbonyl (C=O) groups is 1. The highest BCUT2D eigenvalue weighted by Crippen LogP contribution is 2.45. The van der Waals surface area contributed by atoms with E-state index in [0.29, 0.717) is 13.1 Å². The standard InChI is InChI=1S/C18H20N2O2/c1-3-19-18(21)20(4-2)17-13-9-5-7-11-15(13)22-16-12-8-6-10-14(16)17/h5-12,17H,3-4H2,1-2H3,(H,19,21). The van der Waals surface area contributed by atoms with E-state index in [1.807, 2.05) is 67.3 Å². The van der Waals surface area contributed by atoms with Crippen molar-refractivity contribution in [2.24, 2.45) is 0 Å². The molecule has 4 heteroatoms. The molecule has 1 aliphatic rings. The summed E-state index contributed by atoms with van der Waals surface area (Å²) in [6, 6.07) is 15.6. The smallest absolute Gasteiger partial charge is 0.318 e. The first-order valence-corrected chi connectivity index (χ1v) is 7.66. The molecule has 0 atom stereocenters. The highest BCUT2D eigenvalue weighted by atomic mass is 16.5. The minimum absolute atomic E-state index is 0.0542. The summed E-state index contributed by atoms with van der Waals surface area (Å²) in [6.07, 6.45) is 0. The third kappa shape index (κ3) is 2.41. The van der Waals surface area contributed by atoms with Crippen LogP contribution in [0.2, 0.25) is 0 Å². The van der Waals surface area contributed by atoms with E-state index < -0.39 is 0 Å². The van der Waals surface area contributed by atoms with Crippen LogP contribution in [0.3, 0.4) is 0 Å². The Morgan fingerprint density at radius 3 is 2.09 bits per heavy atom. The van der Waals surface area contributed by atoms with Gasteiger partial charge in [-0.3, -0.25) is 0 Å². The summed E-state index contributed by atoms with van der Waals surface area (Å²) in [5.41, 5.74) is 2.05. The van der Waals surface area contributed by atoms with E-state index in [2.05, 4.69) is 5.32 Å². The monoisotopic (exact) mass is 296 g/mol. The topological polar surface area (TPSA) is 41.6 Å². The first kappa shape index (κ1) is 14.4. The van der Waals surface area contributed by atoms with Crippen molar-refractivity contribution in [2.75, 3.05) is 13.1 Å². The number of para-hydroxylation sites is 2. The van der Waals surface area contributed by atoms with Crippen LogP contribution in [0.4, 0.5) is 4.79 Å². The molecular formula is C18H20N2O2. The van der Waals surface area contributed by atoms with Crippen molar-refractivity contribution < 1.29 is 9.53 Å². The molecule has 2 amide bonds. The summed E-state index contributed by atoms with van der Waals surface area (Å²) < 4.78 is 5.98. The molecule has 0 aliphatic carbocycles. The molecule has 1 aliphatic heterocycles. The van der Waals surface area contributed by atoms with Gasteiger partial charge in [-0.25, -0.2) is 4.79 Å². The van der Waals surface area contributed by atoms with Crippen molar-refractivity contribution in [1.29, 1.82) is 0 Å². The van der Waals surface area contributed by atoms with Crippen LogP contribution >= 0.6 is 0 Å². The number of rotatable bonds is 3. The summed E-state index contributed by atoms with van der Waals surface area (Å²) in [7, 11) is 0. The van der Waals surface area contributed by atoms with Gasteiger partial charge in [0.1, 0.15) is 11.5 Å². The molecule has 2 aromatic carbocycles. The van der Waals surface area contributed by atoms with Crippen LogP contribution in [0.25, 0.3) is 0 Å². The maximum atomic E-state index is 12.5. The van der Waals surface area contributed by atoms with Crippen molar-refractivity contribution in [3.8, 4) is 11.5 Å². The maximum absolute atomic E-state index is 12.5. The lowest BCUT2D eigenvalue weighted by molar-refractivity contribution is 0.185.